The van der Waals surface area contributed by atoms with E-state index in [2.05, 4.69) is 4.72 Å². The first kappa shape index (κ1) is 12.8. The topological polar surface area (TPSA) is 92.4 Å². The second kappa shape index (κ2) is 6.37. The Balaban J connectivity index is 2.63. The van der Waals surface area contributed by atoms with Gasteiger partial charge in [-0.05, 0) is 12.0 Å². The van der Waals surface area contributed by atoms with Crippen molar-refractivity contribution in [3.63, 3.8) is 0 Å². The van der Waals surface area contributed by atoms with E-state index in [0.717, 1.165) is 5.56 Å². The van der Waals surface area contributed by atoms with Gasteiger partial charge in [-0.1, -0.05) is 30.3 Å². The van der Waals surface area contributed by atoms with Gasteiger partial charge in [-0.15, -0.1) is 0 Å². The number of amides is 1. The molecular weight excluding hydrogens is 228 g/mol. The summed E-state index contributed by atoms with van der Waals surface area (Å²) in [5.41, 5.74) is 6.04. The molecule has 0 aliphatic rings. The van der Waals surface area contributed by atoms with Gasteiger partial charge in [-0.3, -0.25) is 9.35 Å². The van der Waals surface area contributed by atoms with Crippen LogP contribution in [0.25, 0.3) is 0 Å². The Morgan fingerprint density at radius 1 is 1.44 bits per heavy atom. The normalized spacial score (nSPS) is 14.3. The maximum atomic E-state index is 10.8. The van der Waals surface area contributed by atoms with E-state index in [0.29, 0.717) is 6.42 Å². The van der Waals surface area contributed by atoms with Crippen LogP contribution in [0.15, 0.2) is 30.3 Å². The number of hydrogen-bond acceptors (Lipinski definition) is 2. The van der Waals surface area contributed by atoms with Crippen LogP contribution in [0.4, 0.5) is 0 Å². The molecule has 5 nitrogen and oxygen atoms in total. The highest BCUT2D eigenvalue weighted by Gasteiger charge is 2.14. The van der Waals surface area contributed by atoms with Gasteiger partial charge in [0.05, 0.1) is 0 Å². The molecule has 0 radical (unpaired) electrons. The molecule has 0 aliphatic heterocycles. The average molecular weight is 242 g/mol. The van der Waals surface area contributed by atoms with Crippen LogP contribution in [0.1, 0.15) is 12.0 Å². The zero-order chi connectivity index (χ0) is 12.0. The van der Waals surface area contributed by atoms with E-state index in [1.54, 1.807) is 0 Å². The van der Waals surface area contributed by atoms with Gasteiger partial charge in [-0.25, -0.2) is 8.93 Å². The summed E-state index contributed by atoms with van der Waals surface area (Å²) in [6.45, 7) is 0. The highest BCUT2D eigenvalue weighted by molar-refractivity contribution is 7.77. The lowest BCUT2D eigenvalue weighted by atomic mass is 10.0. The van der Waals surface area contributed by atoms with E-state index in [9.17, 15) is 9.00 Å². The van der Waals surface area contributed by atoms with Crippen LogP contribution < -0.4 is 10.5 Å². The first-order valence-corrected chi connectivity index (χ1v) is 5.88. The van der Waals surface area contributed by atoms with Crippen molar-refractivity contribution in [3.05, 3.63) is 35.9 Å². The maximum Gasteiger partial charge on any atom is 0.232 e. The Hall–Kier alpha value is -1.24. The third-order valence-electron chi connectivity index (χ3n) is 2.04. The summed E-state index contributed by atoms with van der Waals surface area (Å²) in [6, 6.07) is 8.96. The molecule has 0 aliphatic carbocycles. The van der Waals surface area contributed by atoms with Crippen LogP contribution in [0.2, 0.25) is 0 Å². The van der Waals surface area contributed by atoms with Gasteiger partial charge in [0.2, 0.25) is 17.2 Å². The lowest BCUT2D eigenvalue weighted by Gasteiger charge is -2.14. The van der Waals surface area contributed by atoms with Crippen molar-refractivity contribution in [2.24, 2.45) is 5.73 Å². The molecule has 0 aromatic heterocycles. The number of primary amides is 1. The van der Waals surface area contributed by atoms with Crippen LogP contribution in [-0.2, 0) is 22.5 Å². The van der Waals surface area contributed by atoms with Crippen molar-refractivity contribution in [3.8, 4) is 0 Å². The molecule has 1 rings (SSSR count). The first-order valence-electron chi connectivity index (χ1n) is 4.77. The number of carbonyl (C=O) groups excluding carboxylic acids is 1. The second-order valence-electron chi connectivity index (χ2n) is 3.42. The molecule has 1 amide bonds. The van der Waals surface area contributed by atoms with Crippen molar-refractivity contribution >= 4 is 17.2 Å². The summed E-state index contributed by atoms with van der Waals surface area (Å²) in [6.07, 6.45) is 0.511. The summed E-state index contributed by atoms with van der Waals surface area (Å²) in [5, 5.41) is 0. The lowest BCUT2D eigenvalue weighted by molar-refractivity contribution is -0.118. The second-order valence-corrected chi connectivity index (χ2v) is 4.16. The molecule has 0 spiro atoms. The van der Waals surface area contributed by atoms with Gasteiger partial charge in [0.1, 0.15) is 0 Å². The predicted octanol–water partition coefficient (Wildman–Crippen LogP) is 0.199. The molecule has 0 fully saturated rings. The van der Waals surface area contributed by atoms with Gasteiger partial charge < -0.3 is 5.73 Å². The third-order valence-corrected chi connectivity index (χ3v) is 2.57. The molecule has 0 saturated heterocycles. The summed E-state index contributed by atoms with van der Waals surface area (Å²) in [5.74, 6) is -0.501. The quantitative estimate of drug-likeness (QED) is 0.622. The molecule has 88 valence electrons. The fourth-order valence-corrected chi connectivity index (χ4v) is 1.89. The Kier molecular flexibility index (Phi) is 5.10. The number of nitrogens with one attached hydrogen (secondary N) is 1. The Morgan fingerprint density at radius 2 is 2.06 bits per heavy atom. The van der Waals surface area contributed by atoms with Gasteiger partial charge in [0.25, 0.3) is 0 Å². The average Bonchev–Trinajstić information content (AvgIpc) is 2.16. The minimum atomic E-state index is -2.14. The van der Waals surface area contributed by atoms with Crippen molar-refractivity contribution in [2.45, 2.75) is 18.9 Å². The van der Waals surface area contributed by atoms with E-state index in [1.807, 2.05) is 30.3 Å². The Bertz CT molecular complexity index is 354. The molecule has 0 saturated carbocycles. The van der Waals surface area contributed by atoms with Gasteiger partial charge in [0.15, 0.2) is 0 Å². The standard InChI is InChI=1S/C10H14N2O3S/c11-10(13)7-9(12-16(14)15)6-8-4-2-1-3-5-8/h1-5,9,12H,6-7H2,(H2,11,13)(H,14,15). The summed E-state index contributed by atoms with van der Waals surface area (Å²) >= 11 is -2.14. The van der Waals surface area contributed by atoms with Crippen molar-refractivity contribution in [1.29, 1.82) is 0 Å². The number of nitrogens with two attached hydrogens (primary N) is 1. The van der Waals surface area contributed by atoms with Crippen molar-refractivity contribution < 1.29 is 13.6 Å². The summed E-state index contributed by atoms with van der Waals surface area (Å²) < 4.78 is 21.7. The van der Waals surface area contributed by atoms with E-state index in [1.165, 1.54) is 0 Å². The Labute approximate surface area is 96.5 Å². The van der Waals surface area contributed by atoms with Crippen LogP contribution in [0.5, 0.6) is 0 Å². The number of carbonyl (C=O) groups is 1. The molecule has 16 heavy (non-hydrogen) atoms. The largest absolute Gasteiger partial charge is 0.370 e. The zero-order valence-corrected chi connectivity index (χ0v) is 9.44. The molecule has 2 unspecified atom stereocenters. The van der Waals surface area contributed by atoms with E-state index >= 15 is 0 Å². The molecule has 6 heteroatoms. The molecule has 0 bridgehead atoms. The highest BCUT2D eigenvalue weighted by Crippen LogP contribution is 2.05. The minimum Gasteiger partial charge on any atom is -0.370 e. The van der Waals surface area contributed by atoms with E-state index < -0.39 is 23.2 Å². The molecular formula is C10H14N2O3S. The van der Waals surface area contributed by atoms with Gasteiger partial charge in [0, 0.05) is 12.5 Å². The lowest BCUT2D eigenvalue weighted by Crippen LogP contribution is -2.36. The fourth-order valence-electron chi connectivity index (χ4n) is 1.44. The summed E-state index contributed by atoms with van der Waals surface area (Å²) in [7, 11) is 0. The fraction of sp³-hybridized carbons (Fsp3) is 0.300. The smallest absolute Gasteiger partial charge is 0.232 e. The predicted molar refractivity (Wildman–Crippen MR) is 61.7 cm³/mol. The van der Waals surface area contributed by atoms with Crippen LogP contribution in [-0.4, -0.2) is 20.7 Å². The third kappa shape index (κ3) is 5.01. The summed E-state index contributed by atoms with van der Waals surface area (Å²) in [4.78, 5) is 10.8. The van der Waals surface area contributed by atoms with Crippen LogP contribution >= 0.6 is 0 Å². The Morgan fingerprint density at radius 3 is 2.56 bits per heavy atom. The SMILES string of the molecule is NC(=O)CC(Cc1ccccc1)NS(=O)O. The van der Waals surface area contributed by atoms with Gasteiger partial charge >= 0.3 is 0 Å². The molecule has 2 atom stereocenters. The maximum absolute atomic E-state index is 10.8. The number of rotatable bonds is 6. The molecule has 1 aromatic rings. The number of benzene rings is 1. The van der Waals surface area contributed by atoms with Crippen molar-refractivity contribution in [2.75, 3.05) is 0 Å². The number of hydrogen-bond donors (Lipinski definition) is 3. The van der Waals surface area contributed by atoms with E-state index in [4.69, 9.17) is 10.3 Å². The zero-order valence-electron chi connectivity index (χ0n) is 8.63. The molecule has 4 N–H and O–H groups in total. The molecule has 0 heterocycles. The molecule has 1 aromatic carbocycles. The monoisotopic (exact) mass is 242 g/mol. The van der Waals surface area contributed by atoms with Gasteiger partial charge in [-0.2, -0.15) is 0 Å². The minimum absolute atomic E-state index is 0.0290. The van der Waals surface area contributed by atoms with Crippen LogP contribution in [0, 0.1) is 0 Å². The van der Waals surface area contributed by atoms with E-state index in [-0.39, 0.29) is 6.42 Å². The highest BCUT2D eigenvalue weighted by atomic mass is 32.2. The van der Waals surface area contributed by atoms with Crippen molar-refractivity contribution in [1.82, 2.24) is 4.72 Å². The first-order chi connectivity index (χ1) is 7.58. The van der Waals surface area contributed by atoms with Crippen LogP contribution in [0.3, 0.4) is 0 Å².